The van der Waals surface area contributed by atoms with Gasteiger partial charge in [0.05, 0.1) is 11.4 Å². The van der Waals surface area contributed by atoms with Crippen molar-refractivity contribution in [1.29, 1.82) is 0 Å². The Morgan fingerprint density at radius 2 is 1.71 bits per heavy atom. The van der Waals surface area contributed by atoms with Gasteiger partial charge in [-0.2, -0.15) is 0 Å². The number of hydrogen-bond donors (Lipinski definition) is 2. The minimum atomic E-state index is -0.258. The normalized spacial score (nSPS) is 13.7. The van der Waals surface area contributed by atoms with E-state index in [-0.39, 0.29) is 23.0 Å². The summed E-state index contributed by atoms with van der Waals surface area (Å²) in [5.41, 5.74) is 2.29. The summed E-state index contributed by atoms with van der Waals surface area (Å²) in [7, 11) is 0. The molecule has 0 radical (unpaired) electrons. The van der Waals surface area contributed by atoms with Crippen molar-refractivity contribution < 1.29 is 14.7 Å². The second-order valence-corrected chi connectivity index (χ2v) is 4.94. The molecule has 0 bridgehead atoms. The number of nitrogens with one attached hydrogen (secondary N) is 1. The second-order valence-electron chi connectivity index (χ2n) is 4.94. The van der Waals surface area contributed by atoms with Gasteiger partial charge >= 0.3 is 0 Å². The summed E-state index contributed by atoms with van der Waals surface area (Å²) in [6.45, 7) is 1.88. The van der Waals surface area contributed by atoms with E-state index in [2.05, 4.69) is 5.32 Å². The van der Waals surface area contributed by atoms with E-state index >= 15 is 0 Å². The topological polar surface area (TPSA) is 66.4 Å². The summed E-state index contributed by atoms with van der Waals surface area (Å²) in [5.74, 6) is -0.452. The average Bonchev–Trinajstić information content (AvgIpc) is 2.48. The van der Waals surface area contributed by atoms with Gasteiger partial charge in [0.2, 0.25) is 5.78 Å². The van der Waals surface area contributed by atoms with Crippen LogP contribution >= 0.6 is 0 Å². The lowest BCUT2D eigenvalue weighted by Gasteiger charge is -2.17. The number of phenolic OH excluding ortho intramolecular Hbond substituents is 1. The van der Waals surface area contributed by atoms with Gasteiger partial charge in [-0.1, -0.05) is 30.3 Å². The number of carbonyl (C=O) groups is 2. The largest absolute Gasteiger partial charge is 0.506 e. The fourth-order valence-electron chi connectivity index (χ4n) is 2.30. The van der Waals surface area contributed by atoms with Crippen molar-refractivity contribution in [2.45, 2.75) is 6.92 Å². The quantitative estimate of drug-likeness (QED) is 0.829. The van der Waals surface area contributed by atoms with E-state index in [4.69, 9.17) is 0 Å². The first-order chi connectivity index (χ1) is 10.1. The Kier molecular flexibility index (Phi) is 3.06. The minimum absolute atomic E-state index is 0.0283. The van der Waals surface area contributed by atoms with Gasteiger partial charge < -0.3 is 10.4 Å². The van der Waals surface area contributed by atoms with Crippen molar-refractivity contribution in [1.82, 2.24) is 0 Å². The smallest absolute Gasteiger partial charge is 0.210 e. The number of hydrogen-bond acceptors (Lipinski definition) is 4. The number of Topliss-reactive ketones (excluding diaryl/α,β-unsaturated/α-hetero) is 1. The van der Waals surface area contributed by atoms with Gasteiger partial charge in [0.1, 0.15) is 5.75 Å². The molecular formula is C17H13NO3. The number of aromatic hydroxyl groups is 1. The summed E-state index contributed by atoms with van der Waals surface area (Å²) in [6, 6.07) is 11.7. The van der Waals surface area contributed by atoms with E-state index in [1.54, 1.807) is 42.5 Å². The highest BCUT2D eigenvalue weighted by Gasteiger charge is 2.25. The highest BCUT2D eigenvalue weighted by Crippen LogP contribution is 2.28. The summed E-state index contributed by atoms with van der Waals surface area (Å²) in [4.78, 5) is 24.5. The summed E-state index contributed by atoms with van der Waals surface area (Å²) in [5, 5.41) is 12.7. The molecule has 0 aliphatic heterocycles. The molecule has 0 atom stereocenters. The summed E-state index contributed by atoms with van der Waals surface area (Å²) in [6.07, 6.45) is 1.27. The lowest BCUT2D eigenvalue weighted by Crippen LogP contribution is -2.21. The van der Waals surface area contributed by atoms with Crippen LogP contribution in [0.25, 0.3) is 0 Å². The predicted octanol–water partition coefficient (Wildman–Crippen LogP) is 3.08. The third-order valence-electron chi connectivity index (χ3n) is 3.38. The lowest BCUT2D eigenvalue weighted by atomic mass is 9.92. The molecule has 2 aromatic carbocycles. The van der Waals surface area contributed by atoms with Crippen molar-refractivity contribution in [3.63, 3.8) is 0 Å². The highest BCUT2D eigenvalue weighted by atomic mass is 16.3. The van der Waals surface area contributed by atoms with E-state index in [0.717, 1.165) is 5.56 Å². The van der Waals surface area contributed by atoms with Gasteiger partial charge in [0.15, 0.2) is 5.78 Å². The number of fused-ring (bicyclic) bond motifs is 1. The van der Waals surface area contributed by atoms with Crippen molar-refractivity contribution in [2.75, 3.05) is 5.32 Å². The number of allylic oxidation sites excluding steroid dienone is 2. The SMILES string of the molecule is Cc1ccc(O)c(NC2=CC(=O)c3ccccc3C2=O)c1. The Labute approximate surface area is 121 Å². The fraction of sp³-hybridized carbons (Fsp3) is 0.0588. The molecule has 0 fully saturated rings. The molecule has 1 aliphatic rings. The molecule has 0 spiro atoms. The number of ketones is 2. The van der Waals surface area contributed by atoms with Crippen LogP contribution in [0.2, 0.25) is 0 Å². The van der Waals surface area contributed by atoms with E-state index < -0.39 is 0 Å². The number of aryl methyl sites for hydroxylation is 1. The molecule has 1 aliphatic carbocycles. The lowest BCUT2D eigenvalue weighted by molar-refractivity contribution is 0.0985. The monoisotopic (exact) mass is 279 g/mol. The first-order valence-electron chi connectivity index (χ1n) is 6.52. The molecule has 4 heteroatoms. The zero-order chi connectivity index (χ0) is 15.0. The maximum Gasteiger partial charge on any atom is 0.210 e. The molecule has 0 heterocycles. The van der Waals surface area contributed by atoms with Gasteiger partial charge in [0, 0.05) is 17.2 Å². The van der Waals surface area contributed by atoms with E-state index in [0.29, 0.717) is 16.8 Å². The predicted molar refractivity (Wildman–Crippen MR) is 79.7 cm³/mol. The van der Waals surface area contributed by atoms with Gasteiger partial charge in [0.25, 0.3) is 0 Å². The van der Waals surface area contributed by atoms with Gasteiger partial charge in [-0.3, -0.25) is 9.59 Å². The van der Waals surface area contributed by atoms with Crippen molar-refractivity contribution in [2.24, 2.45) is 0 Å². The Bertz CT molecular complexity index is 790. The highest BCUT2D eigenvalue weighted by molar-refractivity contribution is 6.25. The van der Waals surface area contributed by atoms with Crippen LogP contribution in [-0.4, -0.2) is 16.7 Å². The third kappa shape index (κ3) is 2.31. The Morgan fingerprint density at radius 1 is 1.00 bits per heavy atom. The zero-order valence-electron chi connectivity index (χ0n) is 11.4. The first-order valence-corrected chi connectivity index (χ1v) is 6.52. The standard InChI is InChI=1S/C17H13NO3/c1-10-6-7-15(19)13(8-10)18-14-9-16(20)11-4-2-3-5-12(11)17(14)21/h2-9,18-19H,1H3. The molecule has 0 unspecified atom stereocenters. The van der Waals surface area contributed by atoms with Crippen LogP contribution in [0.4, 0.5) is 5.69 Å². The molecule has 2 N–H and O–H groups in total. The Morgan fingerprint density at radius 3 is 2.48 bits per heavy atom. The van der Waals surface area contributed by atoms with Gasteiger partial charge in [-0.15, -0.1) is 0 Å². The molecule has 0 saturated heterocycles. The molecule has 2 aromatic rings. The number of rotatable bonds is 2. The first kappa shape index (κ1) is 13.1. The molecule has 3 rings (SSSR count). The van der Waals surface area contributed by atoms with Crippen LogP contribution in [0, 0.1) is 6.92 Å². The minimum Gasteiger partial charge on any atom is -0.506 e. The van der Waals surface area contributed by atoms with Crippen LogP contribution in [0.5, 0.6) is 5.75 Å². The van der Waals surface area contributed by atoms with Crippen LogP contribution in [-0.2, 0) is 0 Å². The maximum atomic E-state index is 12.4. The van der Waals surface area contributed by atoms with Crippen molar-refractivity contribution >= 4 is 17.3 Å². The van der Waals surface area contributed by atoms with Crippen LogP contribution in [0.15, 0.2) is 54.2 Å². The second kappa shape index (κ2) is 4.90. The van der Waals surface area contributed by atoms with Crippen LogP contribution in [0.3, 0.4) is 0 Å². The van der Waals surface area contributed by atoms with Gasteiger partial charge in [-0.25, -0.2) is 0 Å². The molecule has 0 aromatic heterocycles. The fourth-order valence-corrected chi connectivity index (χ4v) is 2.30. The average molecular weight is 279 g/mol. The molecule has 0 amide bonds. The zero-order valence-corrected chi connectivity index (χ0v) is 11.4. The Balaban J connectivity index is 1.99. The third-order valence-corrected chi connectivity index (χ3v) is 3.38. The van der Waals surface area contributed by atoms with Crippen molar-refractivity contribution in [3.05, 3.63) is 70.9 Å². The van der Waals surface area contributed by atoms with E-state index in [1.807, 2.05) is 6.92 Å². The van der Waals surface area contributed by atoms with E-state index in [1.165, 1.54) is 6.08 Å². The maximum absolute atomic E-state index is 12.4. The number of anilines is 1. The molecule has 21 heavy (non-hydrogen) atoms. The van der Waals surface area contributed by atoms with Crippen LogP contribution in [0.1, 0.15) is 26.3 Å². The van der Waals surface area contributed by atoms with Crippen LogP contribution < -0.4 is 5.32 Å². The Hall–Kier alpha value is -2.88. The summed E-state index contributed by atoms with van der Waals surface area (Å²) >= 11 is 0. The summed E-state index contributed by atoms with van der Waals surface area (Å²) < 4.78 is 0. The van der Waals surface area contributed by atoms with Gasteiger partial charge in [-0.05, 0) is 24.6 Å². The van der Waals surface area contributed by atoms with E-state index in [9.17, 15) is 14.7 Å². The molecule has 104 valence electrons. The molecular weight excluding hydrogens is 266 g/mol. The molecule has 0 saturated carbocycles. The number of benzene rings is 2. The molecule has 4 nitrogen and oxygen atoms in total. The number of carbonyl (C=O) groups excluding carboxylic acids is 2. The number of phenols is 1. The van der Waals surface area contributed by atoms with Crippen molar-refractivity contribution in [3.8, 4) is 5.75 Å².